The first-order valence-corrected chi connectivity index (χ1v) is 10.2. The zero-order chi connectivity index (χ0) is 20.5. The molecule has 2 aromatic carbocycles. The van der Waals surface area contributed by atoms with Gasteiger partial charge < -0.3 is 4.57 Å². The third kappa shape index (κ3) is 5.63. The van der Waals surface area contributed by atoms with E-state index in [2.05, 4.69) is 49.0 Å². The number of rotatable bonds is 4. The van der Waals surface area contributed by atoms with E-state index in [4.69, 9.17) is 10.5 Å². The SMILES string of the molecule is Cc1nc(Br)c(C=O)n1Cc1ccc(C#N)cc1.N#Cc1ccc(CBr)cc1. The molecule has 0 fully saturated rings. The number of aryl methyl sites for hydroxylation is 1. The van der Waals surface area contributed by atoms with Crippen molar-refractivity contribution in [3.63, 3.8) is 0 Å². The van der Waals surface area contributed by atoms with Crippen LogP contribution in [0.15, 0.2) is 53.1 Å². The molecule has 0 N–H and O–H groups in total. The molecule has 28 heavy (non-hydrogen) atoms. The second-order valence-electron chi connectivity index (χ2n) is 5.79. The number of aldehydes is 1. The van der Waals surface area contributed by atoms with E-state index in [0.29, 0.717) is 28.0 Å². The molecule has 0 aliphatic heterocycles. The van der Waals surface area contributed by atoms with Crippen LogP contribution in [-0.4, -0.2) is 15.8 Å². The van der Waals surface area contributed by atoms with Gasteiger partial charge in [-0.05, 0) is 58.2 Å². The molecule has 3 rings (SSSR count). The predicted molar refractivity (Wildman–Crippen MR) is 114 cm³/mol. The summed E-state index contributed by atoms with van der Waals surface area (Å²) in [4.78, 5) is 15.2. The molecule has 0 radical (unpaired) electrons. The van der Waals surface area contributed by atoms with Gasteiger partial charge in [0.2, 0.25) is 0 Å². The maximum Gasteiger partial charge on any atom is 0.169 e. The molecule has 0 unspecified atom stereocenters. The van der Waals surface area contributed by atoms with Gasteiger partial charge in [0.05, 0.1) is 23.3 Å². The highest BCUT2D eigenvalue weighted by Gasteiger charge is 2.12. The second kappa shape index (κ2) is 10.6. The number of hydrogen-bond acceptors (Lipinski definition) is 4. The van der Waals surface area contributed by atoms with Crippen LogP contribution in [0.5, 0.6) is 0 Å². The molecule has 0 bridgehead atoms. The zero-order valence-corrected chi connectivity index (χ0v) is 18.2. The smallest absolute Gasteiger partial charge is 0.169 e. The van der Waals surface area contributed by atoms with E-state index in [9.17, 15) is 4.79 Å². The van der Waals surface area contributed by atoms with E-state index in [-0.39, 0.29) is 0 Å². The molecule has 0 aliphatic carbocycles. The normalized spacial score (nSPS) is 9.61. The number of alkyl halides is 1. The fraction of sp³-hybridized carbons (Fsp3) is 0.143. The summed E-state index contributed by atoms with van der Waals surface area (Å²) < 4.78 is 2.39. The summed E-state index contributed by atoms with van der Waals surface area (Å²) in [5.74, 6) is 0.772. The molecular weight excluding hydrogens is 484 g/mol. The monoisotopic (exact) mass is 498 g/mol. The zero-order valence-electron chi connectivity index (χ0n) is 15.1. The van der Waals surface area contributed by atoms with Crippen molar-refractivity contribution in [3.05, 3.63) is 86.9 Å². The van der Waals surface area contributed by atoms with E-state index in [1.165, 1.54) is 5.56 Å². The van der Waals surface area contributed by atoms with Gasteiger partial charge in [0.1, 0.15) is 16.1 Å². The molecule has 0 aliphatic rings. The van der Waals surface area contributed by atoms with Crippen LogP contribution >= 0.6 is 31.9 Å². The third-order valence-electron chi connectivity index (χ3n) is 3.93. The fourth-order valence-electron chi connectivity index (χ4n) is 2.39. The van der Waals surface area contributed by atoms with Crippen LogP contribution in [0.3, 0.4) is 0 Å². The maximum absolute atomic E-state index is 11.0. The molecule has 0 atom stereocenters. The molecule has 0 spiro atoms. The van der Waals surface area contributed by atoms with Crippen molar-refractivity contribution >= 4 is 38.1 Å². The summed E-state index contributed by atoms with van der Waals surface area (Å²) in [6, 6.07) is 18.9. The number of carbonyl (C=O) groups is 1. The highest BCUT2D eigenvalue weighted by atomic mass is 79.9. The standard InChI is InChI=1S/C13H10BrN3O.C8H6BrN/c1-9-16-13(14)12(8-18)17(9)7-11-4-2-10(6-15)3-5-11;9-5-7-1-3-8(6-10)4-2-7/h2-5,8H,7H2,1H3;1-4H,5H2. The van der Waals surface area contributed by atoms with Crippen LogP contribution in [0.4, 0.5) is 0 Å². The number of benzene rings is 2. The Morgan fingerprint density at radius 2 is 1.50 bits per heavy atom. The van der Waals surface area contributed by atoms with Gasteiger partial charge in [-0.1, -0.05) is 40.2 Å². The van der Waals surface area contributed by atoms with Gasteiger partial charge in [0.25, 0.3) is 0 Å². The van der Waals surface area contributed by atoms with Crippen LogP contribution in [0.1, 0.15) is 38.6 Å². The number of carbonyl (C=O) groups excluding carboxylic acids is 1. The van der Waals surface area contributed by atoms with Gasteiger partial charge in [0.15, 0.2) is 6.29 Å². The van der Waals surface area contributed by atoms with Crippen molar-refractivity contribution < 1.29 is 4.79 Å². The second-order valence-corrected chi connectivity index (χ2v) is 7.10. The first-order chi connectivity index (χ1) is 13.5. The Hall–Kier alpha value is -2.74. The average molecular weight is 500 g/mol. The predicted octanol–water partition coefficient (Wildman–Crippen LogP) is 5.14. The van der Waals surface area contributed by atoms with Crippen LogP contribution in [0.25, 0.3) is 0 Å². The van der Waals surface area contributed by atoms with Crippen LogP contribution in [-0.2, 0) is 11.9 Å². The minimum atomic E-state index is 0.525. The topological polar surface area (TPSA) is 82.5 Å². The third-order valence-corrected chi connectivity index (χ3v) is 5.16. The number of halogens is 2. The minimum Gasteiger partial charge on any atom is -0.321 e. The lowest BCUT2D eigenvalue weighted by Gasteiger charge is -2.07. The van der Waals surface area contributed by atoms with Crippen molar-refractivity contribution in [1.82, 2.24) is 9.55 Å². The van der Waals surface area contributed by atoms with Crippen molar-refractivity contribution in [1.29, 1.82) is 10.5 Å². The van der Waals surface area contributed by atoms with E-state index < -0.39 is 0 Å². The van der Waals surface area contributed by atoms with Gasteiger partial charge in [-0.15, -0.1) is 0 Å². The largest absolute Gasteiger partial charge is 0.321 e. The summed E-state index contributed by atoms with van der Waals surface area (Å²) in [5, 5.41) is 18.0. The summed E-state index contributed by atoms with van der Waals surface area (Å²) in [6.07, 6.45) is 0.785. The Labute approximate surface area is 180 Å². The first-order valence-electron chi connectivity index (χ1n) is 8.24. The van der Waals surface area contributed by atoms with Gasteiger partial charge in [-0.2, -0.15) is 10.5 Å². The Morgan fingerprint density at radius 1 is 1.00 bits per heavy atom. The summed E-state index contributed by atoms with van der Waals surface area (Å²) >= 11 is 6.58. The molecule has 1 heterocycles. The average Bonchev–Trinajstić information content (AvgIpc) is 3.01. The van der Waals surface area contributed by atoms with Crippen LogP contribution in [0.2, 0.25) is 0 Å². The summed E-state index contributed by atoms with van der Waals surface area (Å²) in [6.45, 7) is 2.41. The number of nitrogens with zero attached hydrogens (tertiary/aromatic N) is 4. The van der Waals surface area contributed by atoms with Crippen LogP contribution in [0, 0.1) is 29.6 Å². The van der Waals surface area contributed by atoms with Gasteiger partial charge in [-0.3, -0.25) is 4.79 Å². The maximum atomic E-state index is 11.0. The Balaban J connectivity index is 0.000000237. The van der Waals surface area contributed by atoms with Crippen molar-refractivity contribution in [2.24, 2.45) is 0 Å². The molecule has 1 aromatic heterocycles. The Morgan fingerprint density at radius 3 is 1.93 bits per heavy atom. The van der Waals surface area contributed by atoms with Gasteiger partial charge >= 0.3 is 0 Å². The number of hydrogen-bond donors (Lipinski definition) is 0. The lowest BCUT2D eigenvalue weighted by molar-refractivity contribution is 0.111. The van der Waals surface area contributed by atoms with E-state index in [1.807, 2.05) is 47.9 Å². The van der Waals surface area contributed by atoms with E-state index in [1.54, 1.807) is 12.1 Å². The quantitative estimate of drug-likeness (QED) is 0.367. The highest BCUT2D eigenvalue weighted by molar-refractivity contribution is 9.10. The Kier molecular flexibility index (Phi) is 8.13. The molecule has 0 amide bonds. The fourth-order valence-corrected chi connectivity index (χ4v) is 3.33. The van der Waals surface area contributed by atoms with E-state index >= 15 is 0 Å². The first kappa shape index (κ1) is 21.6. The number of imidazole rings is 1. The molecule has 0 saturated heterocycles. The van der Waals surface area contributed by atoms with Crippen molar-refractivity contribution in [3.8, 4) is 12.1 Å². The van der Waals surface area contributed by atoms with Crippen molar-refractivity contribution in [2.75, 3.05) is 0 Å². The summed E-state index contributed by atoms with van der Waals surface area (Å²) in [7, 11) is 0. The molecule has 7 heteroatoms. The van der Waals surface area contributed by atoms with Crippen molar-refractivity contribution in [2.45, 2.75) is 18.8 Å². The molecule has 3 aromatic rings. The Bertz CT molecular complexity index is 1030. The minimum absolute atomic E-state index is 0.525. The van der Waals surface area contributed by atoms with Gasteiger partial charge in [-0.25, -0.2) is 4.98 Å². The molecule has 5 nitrogen and oxygen atoms in total. The lowest BCUT2D eigenvalue weighted by Crippen LogP contribution is -2.06. The van der Waals surface area contributed by atoms with E-state index in [0.717, 1.165) is 23.0 Å². The molecule has 140 valence electrons. The molecular formula is C21H16Br2N4O. The molecule has 0 saturated carbocycles. The number of nitriles is 2. The summed E-state index contributed by atoms with van der Waals surface area (Å²) in [5.41, 5.74) is 4.07. The van der Waals surface area contributed by atoms with Gasteiger partial charge in [0, 0.05) is 11.9 Å². The van der Waals surface area contributed by atoms with Crippen LogP contribution < -0.4 is 0 Å². The highest BCUT2D eigenvalue weighted by Crippen LogP contribution is 2.17. The lowest BCUT2D eigenvalue weighted by atomic mass is 10.1. The number of aromatic nitrogens is 2.